The highest BCUT2D eigenvalue weighted by Gasteiger charge is 2.29. The normalized spacial score (nSPS) is 11.6. The van der Waals surface area contributed by atoms with Crippen molar-refractivity contribution >= 4 is 32.8 Å². The van der Waals surface area contributed by atoms with Gasteiger partial charge in [0, 0.05) is 29.7 Å². The summed E-state index contributed by atoms with van der Waals surface area (Å²) in [5.41, 5.74) is 3.83. The molecule has 2 aromatic carbocycles. The summed E-state index contributed by atoms with van der Waals surface area (Å²) in [4.78, 5) is 17.2. The first-order chi connectivity index (χ1) is 14.3. The van der Waals surface area contributed by atoms with Crippen LogP contribution in [-0.4, -0.2) is 60.2 Å². The van der Waals surface area contributed by atoms with Crippen molar-refractivity contribution in [2.75, 3.05) is 34.8 Å². The monoisotopic (exact) mass is 473 g/mol. The molecule has 0 fully saturated rings. The van der Waals surface area contributed by atoms with Crippen LogP contribution in [0.15, 0.2) is 40.9 Å². The van der Waals surface area contributed by atoms with Crippen molar-refractivity contribution in [2.24, 2.45) is 0 Å². The van der Waals surface area contributed by atoms with E-state index in [-0.39, 0.29) is 18.3 Å². The van der Waals surface area contributed by atoms with E-state index in [0.29, 0.717) is 28.7 Å². The number of benzene rings is 2. The van der Waals surface area contributed by atoms with E-state index in [4.69, 9.17) is 4.74 Å². The van der Waals surface area contributed by atoms with Gasteiger partial charge >= 0.3 is 5.97 Å². The Bertz CT molecular complexity index is 1060. The van der Waals surface area contributed by atoms with Gasteiger partial charge in [-0.2, -0.15) is 0 Å². The van der Waals surface area contributed by atoms with E-state index in [1.165, 1.54) is 0 Å². The minimum atomic E-state index is -0.379. The predicted molar refractivity (Wildman–Crippen MR) is 123 cm³/mol. The Morgan fingerprint density at radius 3 is 2.30 bits per heavy atom. The lowest BCUT2D eigenvalue weighted by Crippen LogP contribution is -2.18. The molecule has 6 nitrogen and oxygen atoms in total. The maximum Gasteiger partial charge on any atom is 0.340 e. The molecule has 0 aliphatic heterocycles. The first-order valence-electron chi connectivity index (χ1n) is 9.85. The number of aromatic nitrogens is 1. The number of rotatable bonds is 7. The van der Waals surface area contributed by atoms with Crippen LogP contribution >= 0.6 is 15.9 Å². The molecule has 1 N–H and O–H groups in total. The Labute approximate surface area is 185 Å². The Morgan fingerprint density at radius 1 is 1.10 bits per heavy atom. The molecule has 7 heteroatoms. The van der Waals surface area contributed by atoms with Crippen molar-refractivity contribution < 1.29 is 14.6 Å². The molecule has 160 valence electrons. The third-order valence-electron chi connectivity index (χ3n) is 4.82. The average Bonchev–Trinajstić information content (AvgIpc) is 2.98. The fourth-order valence-electron chi connectivity index (χ4n) is 3.75. The molecule has 1 heterocycles. The molecular weight excluding hydrogens is 446 g/mol. The number of phenols is 1. The van der Waals surface area contributed by atoms with Gasteiger partial charge in [-0.05, 0) is 69.2 Å². The summed E-state index contributed by atoms with van der Waals surface area (Å²) in [5, 5.41) is 11.6. The van der Waals surface area contributed by atoms with Crippen molar-refractivity contribution in [3.8, 4) is 11.4 Å². The number of para-hydroxylation sites is 1. The van der Waals surface area contributed by atoms with Crippen LogP contribution < -0.4 is 0 Å². The number of nitrogens with zero attached hydrogens (tertiary/aromatic N) is 3. The Balaban J connectivity index is 2.52. The van der Waals surface area contributed by atoms with E-state index in [1.807, 2.05) is 74.4 Å². The molecule has 0 aliphatic rings. The summed E-state index contributed by atoms with van der Waals surface area (Å²) in [6.07, 6.45) is 0. The number of ether oxygens (including phenoxy) is 1. The lowest BCUT2D eigenvalue weighted by molar-refractivity contribution is 0.0526. The van der Waals surface area contributed by atoms with Gasteiger partial charge in [0.05, 0.1) is 27.9 Å². The maximum atomic E-state index is 13.2. The van der Waals surface area contributed by atoms with Crippen LogP contribution in [0.2, 0.25) is 0 Å². The first-order valence-corrected chi connectivity index (χ1v) is 10.6. The van der Waals surface area contributed by atoms with Crippen molar-refractivity contribution in [3.05, 3.63) is 57.7 Å². The summed E-state index contributed by atoms with van der Waals surface area (Å²) in [6.45, 7) is 3.10. The Morgan fingerprint density at radius 2 is 1.73 bits per heavy atom. The second kappa shape index (κ2) is 9.20. The first kappa shape index (κ1) is 22.3. The molecule has 1 aromatic heterocycles. The zero-order valence-electron chi connectivity index (χ0n) is 18.1. The zero-order chi connectivity index (χ0) is 22.0. The second-order valence-electron chi connectivity index (χ2n) is 7.77. The molecule has 0 radical (unpaired) electrons. The molecule has 0 saturated heterocycles. The number of hydrogen-bond acceptors (Lipinski definition) is 5. The third-order valence-corrected chi connectivity index (χ3v) is 5.42. The highest BCUT2D eigenvalue weighted by atomic mass is 79.9. The quantitative estimate of drug-likeness (QED) is 0.515. The number of hydrogen-bond donors (Lipinski definition) is 1. The Hall–Kier alpha value is -2.35. The zero-order valence-corrected chi connectivity index (χ0v) is 19.7. The van der Waals surface area contributed by atoms with Gasteiger partial charge in [-0.15, -0.1) is 0 Å². The molecule has 3 rings (SSSR count). The predicted octanol–water partition coefficient (Wildman–Crippen LogP) is 4.40. The molecule has 3 aromatic rings. The van der Waals surface area contributed by atoms with E-state index in [1.54, 1.807) is 6.92 Å². The topological polar surface area (TPSA) is 57.9 Å². The van der Waals surface area contributed by atoms with E-state index in [2.05, 4.69) is 20.5 Å². The molecule has 0 saturated carbocycles. The highest BCUT2D eigenvalue weighted by Crippen LogP contribution is 2.41. The van der Waals surface area contributed by atoms with Crippen LogP contribution in [0.5, 0.6) is 5.75 Å². The second-order valence-corrected chi connectivity index (χ2v) is 8.62. The SMILES string of the molecule is CCOC(=O)c1c(CN(C)C)n(-c2ccccc2)c2cc(Br)c(O)c(CN(C)C)c12. The lowest BCUT2D eigenvalue weighted by Gasteiger charge is -2.16. The van der Waals surface area contributed by atoms with E-state index in [0.717, 1.165) is 22.3 Å². The molecule has 30 heavy (non-hydrogen) atoms. The fourth-order valence-corrected chi connectivity index (χ4v) is 4.21. The number of halogens is 1. The number of phenolic OH excluding ortho intramolecular Hbond substituents is 1. The van der Waals surface area contributed by atoms with Gasteiger partial charge in [-0.1, -0.05) is 18.2 Å². The molecule has 0 bridgehead atoms. The van der Waals surface area contributed by atoms with Gasteiger partial charge in [0.25, 0.3) is 0 Å². The van der Waals surface area contributed by atoms with Crippen LogP contribution in [0, 0.1) is 0 Å². The largest absolute Gasteiger partial charge is 0.506 e. The van der Waals surface area contributed by atoms with Crippen LogP contribution in [0.1, 0.15) is 28.5 Å². The third kappa shape index (κ3) is 4.24. The van der Waals surface area contributed by atoms with Gasteiger partial charge in [0.15, 0.2) is 0 Å². The highest BCUT2D eigenvalue weighted by molar-refractivity contribution is 9.10. The summed E-state index contributed by atoms with van der Waals surface area (Å²) in [7, 11) is 7.81. The average molecular weight is 474 g/mol. The molecule has 0 amide bonds. The smallest absolute Gasteiger partial charge is 0.340 e. The summed E-state index contributed by atoms with van der Waals surface area (Å²) in [5.74, 6) is -0.237. The van der Waals surface area contributed by atoms with E-state index < -0.39 is 0 Å². The van der Waals surface area contributed by atoms with Gasteiger partial charge in [-0.25, -0.2) is 4.79 Å². The Kier molecular flexibility index (Phi) is 6.85. The van der Waals surface area contributed by atoms with E-state index in [9.17, 15) is 9.90 Å². The fraction of sp³-hybridized carbons (Fsp3) is 0.348. The maximum absolute atomic E-state index is 13.2. The molecular formula is C23H28BrN3O3. The van der Waals surface area contributed by atoms with Gasteiger partial charge in [-0.3, -0.25) is 0 Å². The van der Waals surface area contributed by atoms with Gasteiger partial charge in [0.1, 0.15) is 5.75 Å². The van der Waals surface area contributed by atoms with Crippen LogP contribution in [-0.2, 0) is 17.8 Å². The number of esters is 1. The minimum Gasteiger partial charge on any atom is -0.506 e. The van der Waals surface area contributed by atoms with Crippen LogP contribution in [0.3, 0.4) is 0 Å². The van der Waals surface area contributed by atoms with Crippen molar-refractivity contribution in [3.63, 3.8) is 0 Å². The van der Waals surface area contributed by atoms with Gasteiger partial charge in [0.2, 0.25) is 0 Å². The molecule has 0 spiro atoms. The standard InChI is InChI=1S/C23H28BrN3O3/c1-6-30-23(29)21-19(14-26(4)5)27(15-10-8-7-9-11-15)18-12-17(24)22(28)16(20(18)21)13-25(2)3/h7-12,28H,6,13-14H2,1-5H3. The summed E-state index contributed by atoms with van der Waals surface area (Å²) >= 11 is 3.51. The molecule has 0 atom stereocenters. The van der Waals surface area contributed by atoms with Crippen LogP contribution in [0.25, 0.3) is 16.6 Å². The molecule has 0 unspecified atom stereocenters. The van der Waals surface area contributed by atoms with Crippen molar-refractivity contribution in [1.29, 1.82) is 0 Å². The summed E-state index contributed by atoms with van der Waals surface area (Å²) < 4.78 is 8.14. The van der Waals surface area contributed by atoms with Crippen molar-refractivity contribution in [1.82, 2.24) is 14.4 Å². The number of carbonyl (C=O) groups excluding carboxylic acids is 1. The number of carbonyl (C=O) groups is 1. The van der Waals surface area contributed by atoms with Gasteiger partial charge < -0.3 is 24.2 Å². The van der Waals surface area contributed by atoms with Crippen molar-refractivity contribution in [2.45, 2.75) is 20.0 Å². The lowest BCUT2D eigenvalue weighted by atomic mass is 10.0. The number of fused-ring (bicyclic) bond motifs is 1. The minimum absolute atomic E-state index is 0.142. The summed E-state index contributed by atoms with van der Waals surface area (Å²) in [6, 6.07) is 11.8. The number of aromatic hydroxyl groups is 1. The van der Waals surface area contributed by atoms with Crippen LogP contribution in [0.4, 0.5) is 0 Å². The molecule has 0 aliphatic carbocycles. The van der Waals surface area contributed by atoms with E-state index >= 15 is 0 Å².